The molecule has 0 unspecified atom stereocenters. The quantitative estimate of drug-likeness (QED) is 0.798. The van der Waals surface area contributed by atoms with E-state index in [4.69, 9.17) is 5.11 Å². The van der Waals surface area contributed by atoms with Gasteiger partial charge in [0.2, 0.25) is 0 Å². The molecular formula is C10H9N3O2. The van der Waals surface area contributed by atoms with E-state index in [1.807, 2.05) is 6.92 Å². The van der Waals surface area contributed by atoms with Gasteiger partial charge >= 0.3 is 5.97 Å². The summed E-state index contributed by atoms with van der Waals surface area (Å²) in [6.07, 6.45) is 6.23. The molecule has 0 bridgehead atoms. The molecule has 1 N–H and O–H groups in total. The third kappa shape index (κ3) is 1.59. The van der Waals surface area contributed by atoms with E-state index in [1.165, 1.54) is 6.20 Å². The smallest absolute Gasteiger partial charge is 0.339 e. The molecule has 0 aliphatic rings. The van der Waals surface area contributed by atoms with E-state index < -0.39 is 5.97 Å². The number of hydrogen-bond donors (Lipinski definition) is 1. The highest BCUT2D eigenvalue weighted by Crippen LogP contribution is 2.14. The average Bonchev–Trinajstić information content (AvgIpc) is 2.64. The number of imidazole rings is 1. The van der Waals surface area contributed by atoms with Gasteiger partial charge in [-0.3, -0.25) is 4.98 Å². The fraction of sp³-hybridized carbons (Fsp3) is 0.100. The van der Waals surface area contributed by atoms with Gasteiger partial charge < -0.3 is 9.67 Å². The summed E-state index contributed by atoms with van der Waals surface area (Å²) >= 11 is 0. The minimum Gasteiger partial charge on any atom is -0.478 e. The Morgan fingerprint density at radius 3 is 2.87 bits per heavy atom. The molecule has 5 heteroatoms. The number of pyridine rings is 1. The van der Waals surface area contributed by atoms with Crippen molar-refractivity contribution in [2.24, 2.45) is 0 Å². The van der Waals surface area contributed by atoms with Gasteiger partial charge in [0.1, 0.15) is 11.4 Å². The summed E-state index contributed by atoms with van der Waals surface area (Å²) in [5, 5.41) is 8.98. The Hall–Kier alpha value is -2.17. The summed E-state index contributed by atoms with van der Waals surface area (Å²) in [7, 11) is 0. The van der Waals surface area contributed by atoms with Crippen LogP contribution in [0, 0.1) is 6.92 Å². The zero-order valence-electron chi connectivity index (χ0n) is 8.08. The molecule has 0 fully saturated rings. The molecule has 2 rings (SSSR count). The van der Waals surface area contributed by atoms with Crippen LogP contribution in [0.25, 0.3) is 5.69 Å². The molecule has 2 aromatic rings. The fourth-order valence-corrected chi connectivity index (χ4v) is 1.39. The van der Waals surface area contributed by atoms with E-state index in [9.17, 15) is 4.79 Å². The van der Waals surface area contributed by atoms with Gasteiger partial charge in [-0.05, 0) is 13.0 Å². The lowest BCUT2D eigenvalue weighted by molar-refractivity contribution is 0.0696. The van der Waals surface area contributed by atoms with Gasteiger partial charge in [0, 0.05) is 24.8 Å². The highest BCUT2D eigenvalue weighted by molar-refractivity contribution is 5.91. The van der Waals surface area contributed by atoms with E-state index in [1.54, 1.807) is 29.2 Å². The van der Waals surface area contributed by atoms with E-state index in [0.29, 0.717) is 5.69 Å². The van der Waals surface area contributed by atoms with Crippen molar-refractivity contribution >= 4 is 5.97 Å². The lowest BCUT2D eigenvalue weighted by atomic mass is 10.2. The molecule has 0 aromatic carbocycles. The van der Waals surface area contributed by atoms with Crippen molar-refractivity contribution in [3.63, 3.8) is 0 Å². The van der Waals surface area contributed by atoms with Crippen molar-refractivity contribution in [2.75, 3.05) is 0 Å². The van der Waals surface area contributed by atoms with Crippen LogP contribution in [-0.4, -0.2) is 25.6 Å². The van der Waals surface area contributed by atoms with E-state index >= 15 is 0 Å². The molecule has 2 heterocycles. The van der Waals surface area contributed by atoms with Crippen molar-refractivity contribution in [1.29, 1.82) is 0 Å². The van der Waals surface area contributed by atoms with Gasteiger partial charge in [0.25, 0.3) is 0 Å². The summed E-state index contributed by atoms with van der Waals surface area (Å²) < 4.78 is 1.71. The van der Waals surface area contributed by atoms with Gasteiger partial charge in [-0.25, -0.2) is 9.78 Å². The SMILES string of the molecule is Cc1nccn1-c1ccncc1C(=O)O. The van der Waals surface area contributed by atoms with Crippen molar-refractivity contribution in [3.05, 3.63) is 42.2 Å². The van der Waals surface area contributed by atoms with Crippen LogP contribution in [0.3, 0.4) is 0 Å². The normalized spacial score (nSPS) is 10.2. The first-order valence-corrected chi connectivity index (χ1v) is 4.38. The topological polar surface area (TPSA) is 68.0 Å². The van der Waals surface area contributed by atoms with Crippen molar-refractivity contribution < 1.29 is 9.90 Å². The fourth-order valence-electron chi connectivity index (χ4n) is 1.39. The molecule has 0 aliphatic heterocycles. The zero-order valence-corrected chi connectivity index (χ0v) is 8.08. The second kappa shape index (κ2) is 3.53. The highest BCUT2D eigenvalue weighted by atomic mass is 16.4. The minimum atomic E-state index is -0.994. The first-order chi connectivity index (χ1) is 7.20. The number of nitrogens with zero attached hydrogens (tertiary/aromatic N) is 3. The number of aromatic nitrogens is 3. The Morgan fingerprint density at radius 1 is 1.47 bits per heavy atom. The van der Waals surface area contributed by atoms with E-state index in [-0.39, 0.29) is 5.56 Å². The van der Waals surface area contributed by atoms with Crippen LogP contribution >= 0.6 is 0 Å². The Balaban J connectivity index is 2.63. The molecule has 0 saturated carbocycles. The molecule has 76 valence electrons. The summed E-state index contributed by atoms with van der Waals surface area (Å²) in [6.45, 7) is 1.81. The largest absolute Gasteiger partial charge is 0.478 e. The lowest BCUT2D eigenvalue weighted by Gasteiger charge is -2.07. The molecule has 2 aromatic heterocycles. The van der Waals surface area contributed by atoms with E-state index in [0.717, 1.165) is 5.82 Å². The average molecular weight is 203 g/mol. The number of hydrogen-bond acceptors (Lipinski definition) is 3. The molecule has 0 saturated heterocycles. The molecule has 0 spiro atoms. The molecule has 0 atom stereocenters. The maximum absolute atomic E-state index is 11.0. The zero-order chi connectivity index (χ0) is 10.8. The van der Waals surface area contributed by atoms with Gasteiger partial charge in [-0.15, -0.1) is 0 Å². The monoisotopic (exact) mass is 203 g/mol. The van der Waals surface area contributed by atoms with Crippen molar-refractivity contribution in [3.8, 4) is 5.69 Å². The van der Waals surface area contributed by atoms with Crippen LogP contribution in [0.1, 0.15) is 16.2 Å². The molecule has 0 aliphatic carbocycles. The van der Waals surface area contributed by atoms with Crippen LogP contribution in [0.5, 0.6) is 0 Å². The molecule has 0 amide bonds. The van der Waals surface area contributed by atoms with E-state index in [2.05, 4.69) is 9.97 Å². The van der Waals surface area contributed by atoms with Crippen LogP contribution in [0.2, 0.25) is 0 Å². The van der Waals surface area contributed by atoms with Gasteiger partial charge in [-0.1, -0.05) is 0 Å². The summed E-state index contributed by atoms with van der Waals surface area (Å²) in [5.41, 5.74) is 0.742. The second-order valence-electron chi connectivity index (χ2n) is 3.04. The Bertz CT molecular complexity index is 505. The first kappa shape index (κ1) is 9.39. The third-order valence-corrected chi connectivity index (χ3v) is 2.11. The number of carboxylic acids is 1. The standard InChI is InChI=1S/C10H9N3O2/c1-7-12-4-5-13(7)9-2-3-11-6-8(9)10(14)15/h2-6H,1H3,(H,14,15). The Morgan fingerprint density at radius 2 is 2.27 bits per heavy atom. The van der Waals surface area contributed by atoms with Gasteiger partial charge in [-0.2, -0.15) is 0 Å². The number of aryl methyl sites for hydroxylation is 1. The summed E-state index contributed by atoms with van der Waals surface area (Å²) in [4.78, 5) is 18.8. The van der Waals surface area contributed by atoms with Crippen molar-refractivity contribution in [1.82, 2.24) is 14.5 Å². The van der Waals surface area contributed by atoms with Gasteiger partial charge in [0.15, 0.2) is 0 Å². The van der Waals surface area contributed by atoms with Gasteiger partial charge in [0.05, 0.1) is 5.69 Å². The molecule has 15 heavy (non-hydrogen) atoms. The maximum Gasteiger partial charge on any atom is 0.339 e. The molecular weight excluding hydrogens is 194 g/mol. The van der Waals surface area contributed by atoms with Crippen LogP contribution in [-0.2, 0) is 0 Å². The number of aromatic carboxylic acids is 1. The maximum atomic E-state index is 11.0. The first-order valence-electron chi connectivity index (χ1n) is 4.38. The van der Waals surface area contributed by atoms with Crippen LogP contribution in [0.15, 0.2) is 30.9 Å². The number of carbonyl (C=O) groups is 1. The molecule has 0 radical (unpaired) electrons. The highest BCUT2D eigenvalue weighted by Gasteiger charge is 2.12. The predicted molar refractivity (Wildman–Crippen MR) is 53.1 cm³/mol. The number of rotatable bonds is 2. The van der Waals surface area contributed by atoms with Crippen LogP contribution in [0.4, 0.5) is 0 Å². The van der Waals surface area contributed by atoms with Crippen LogP contribution < -0.4 is 0 Å². The number of carboxylic acid groups (broad SMARTS) is 1. The third-order valence-electron chi connectivity index (χ3n) is 2.11. The Labute approximate surface area is 86.0 Å². The minimum absolute atomic E-state index is 0.165. The molecule has 5 nitrogen and oxygen atoms in total. The second-order valence-corrected chi connectivity index (χ2v) is 3.04. The lowest BCUT2D eigenvalue weighted by Crippen LogP contribution is -2.06. The summed E-state index contributed by atoms with van der Waals surface area (Å²) in [5.74, 6) is -0.255. The Kier molecular flexibility index (Phi) is 2.21. The predicted octanol–water partition coefficient (Wildman–Crippen LogP) is 1.27. The van der Waals surface area contributed by atoms with Crippen molar-refractivity contribution in [2.45, 2.75) is 6.92 Å². The summed E-state index contributed by atoms with van der Waals surface area (Å²) in [6, 6.07) is 1.65.